The summed E-state index contributed by atoms with van der Waals surface area (Å²) in [5, 5.41) is 6.16. The van der Waals surface area contributed by atoms with E-state index in [1.54, 1.807) is 18.2 Å². The monoisotopic (exact) mass is 373 g/mol. The van der Waals surface area contributed by atoms with E-state index >= 15 is 0 Å². The van der Waals surface area contributed by atoms with Crippen LogP contribution >= 0.6 is 24.0 Å². The van der Waals surface area contributed by atoms with E-state index in [1.165, 1.54) is 0 Å². The van der Waals surface area contributed by atoms with Crippen LogP contribution in [0.25, 0.3) is 0 Å². The summed E-state index contributed by atoms with van der Waals surface area (Å²) >= 11 is 6.14. The van der Waals surface area contributed by atoms with Crippen molar-refractivity contribution in [3.63, 3.8) is 0 Å². The minimum absolute atomic E-state index is 0. The standard InChI is InChI=1S/C17H24ClN3O2.ClH/c1-10(2)16(22)21-13-7-8-15(18)14(9-13)17(23)20-12-5-3-11(19)4-6-12;/h7-12H,3-6,19H2,1-2H3,(H,20,23)(H,21,22);1H. The van der Waals surface area contributed by atoms with Crippen LogP contribution in [-0.4, -0.2) is 23.9 Å². The van der Waals surface area contributed by atoms with Gasteiger partial charge >= 0.3 is 0 Å². The van der Waals surface area contributed by atoms with Crippen molar-refractivity contribution in [2.45, 2.75) is 51.6 Å². The van der Waals surface area contributed by atoms with E-state index in [1.807, 2.05) is 13.8 Å². The largest absolute Gasteiger partial charge is 0.349 e. The number of carbonyl (C=O) groups is 2. The first-order valence-corrected chi connectivity index (χ1v) is 8.41. The van der Waals surface area contributed by atoms with E-state index in [0.29, 0.717) is 16.3 Å². The highest BCUT2D eigenvalue weighted by Crippen LogP contribution is 2.23. The maximum absolute atomic E-state index is 12.4. The van der Waals surface area contributed by atoms with Crippen molar-refractivity contribution in [2.24, 2.45) is 11.7 Å². The molecule has 1 fully saturated rings. The highest BCUT2D eigenvalue weighted by molar-refractivity contribution is 6.34. The molecule has 0 radical (unpaired) electrons. The molecule has 0 atom stereocenters. The normalized spacial score (nSPS) is 20.2. The Morgan fingerprint density at radius 2 is 1.83 bits per heavy atom. The summed E-state index contributed by atoms with van der Waals surface area (Å²) in [6, 6.07) is 5.31. The van der Waals surface area contributed by atoms with Gasteiger partial charge in [0.15, 0.2) is 0 Å². The van der Waals surface area contributed by atoms with Gasteiger partial charge in [-0.1, -0.05) is 25.4 Å². The van der Waals surface area contributed by atoms with Crippen molar-refractivity contribution in [3.05, 3.63) is 28.8 Å². The van der Waals surface area contributed by atoms with E-state index in [9.17, 15) is 9.59 Å². The summed E-state index contributed by atoms with van der Waals surface area (Å²) in [6.45, 7) is 3.62. The van der Waals surface area contributed by atoms with Crippen LogP contribution < -0.4 is 16.4 Å². The van der Waals surface area contributed by atoms with Crippen LogP contribution in [0.1, 0.15) is 49.9 Å². The molecule has 0 heterocycles. The first-order valence-electron chi connectivity index (χ1n) is 8.03. The lowest BCUT2D eigenvalue weighted by Gasteiger charge is -2.27. The maximum atomic E-state index is 12.4. The Labute approximate surface area is 154 Å². The summed E-state index contributed by atoms with van der Waals surface area (Å²) in [4.78, 5) is 24.2. The highest BCUT2D eigenvalue weighted by Gasteiger charge is 2.22. The Morgan fingerprint density at radius 3 is 2.42 bits per heavy atom. The fourth-order valence-electron chi connectivity index (χ4n) is 2.59. The molecule has 2 rings (SSSR count). The molecule has 2 amide bonds. The second-order valence-electron chi connectivity index (χ2n) is 6.42. The molecule has 1 aliphatic carbocycles. The smallest absolute Gasteiger partial charge is 0.253 e. The van der Waals surface area contributed by atoms with E-state index in [4.69, 9.17) is 17.3 Å². The number of hydrogen-bond acceptors (Lipinski definition) is 3. The van der Waals surface area contributed by atoms with Gasteiger partial charge in [0.05, 0.1) is 10.6 Å². The van der Waals surface area contributed by atoms with Gasteiger partial charge in [0, 0.05) is 23.7 Å². The zero-order chi connectivity index (χ0) is 17.0. The molecule has 24 heavy (non-hydrogen) atoms. The van der Waals surface area contributed by atoms with Gasteiger partial charge in [-0.3, -0.25) is 9.59 Å². The topological polar surface area (TPSA) is 84.2 Å². The van der Waals surface area contributed by atoms with E-state index in [-0.39, 0.29) is 42.2 Å². The average Bonchev–Trinajstić information content (AvgIpc) is 2.51. The molecule has 0 aliphatic heterocycles. The van der Waals surface area contributed by atoms with Gasteiger partial charge in [-0.25, -0.2) is 0 Å². The Kier molecular flexibility index (Phi) is 8.00. The number of hydrogen-bond donors (Lipinski definition) is 3. The number of anilines is 1. The molecule has 4 N–H and O–H groups in total. The van der Waals surface area contributed by atoms with Crippen molar-refractivity contribution in [1.29, 1.82) is 0 Å². The molecular formula is C17H25Cl2N3O2. The lowest BCUT2D eigenvalue weighted by Crippen LogP contribution is -2.40. The summed E-state index contributed by atoms with van der Waals surface area (Å²) < 4.78 is 0. The van der Waals surface area contributed by atoms with Crippen molar-refractivity contribution in [2.75, 3.05) is 5.32 Å². The average molecular weight is 374 g/mol. The zero-order valence-electron chi connectivity index (χ0n) is 14.0. The second kappa shape index (κ2) is 9.25. The summed E-state index contributed by atoms with van der Waals surface area (Å²) in [7, 11) is 0. The lowest BCUT2D eigenvalue weighted by atomic mass is 9.91. The summed E-state index contributed by atoms with van der Waals surface area (Å²) in [5.41, 5.74) is 6.83. The Morgan fingerprint density at radius 1 is 1.21 bits per heavy atom. The third-order valence-electron chi connectivity index (χ3n) is 4.11. The molecule has 134 valence electrons. The van der Waals surface area contributed by atoms with Gasteiger partial charge in [0.2, 0.25) is 5.91 Å². The minimum atomic E-state index is -0.212. The van der Waals surface area contributed by atoms with E-state index in [0.717, 1.165) is 25.7 Å². The molecule has 5 nitrogen and oxygen atoms in total. The lowest BCUT2D eigenvalue weighted by molar-refractivity contribution is -0.118. The molecule has 0 saturated heterocycles. The first-order chi connectivity index (χ1) is 10.9. The van der Waals surface area contributed by atoms with Crippen LogP contribution in [0.3, 0.4) is 0 Å². The highest BCUT2D eigenvalue weighted by atomic mass is 35.5. The van der Waals surface area contributed by atoms with Gasteiger partial charge in [0.1, 0.15) is 0 Å². The Hall–Kier alpha value is -1.30. The summed E-state index contributed by atoms with van der Waals surface area (Å²) in [6.07, 6.45) is 3.61. The maximum Gasteiger partial charge on any atom is 0.253 e. The fraction of sp³-hybridized carbons (Fsp3) is 0.529. The number of amides is 2. The zero-order valence-corrected chi connectivity index (χ0v) is 15.5. The molecule has 1 aromatic rings. The predicted molar refractivity (Wildman–Crippen MR) is 99.9 cm³/mol. The van der Waals surface area contributed by atoms with Gasteiger partial charge in [0.25, 0.3) is 5.91 Å². The van der Waals surface area contributed by atoms with Crippen LogP contribution in [-0.2, 0) is 4.79 Å². The van der Waals surface area contributed by atoms with Crippen LogP contribution in [0.4, 0.5) is 5.69 Å². The fourth-order valence-corrected chi connectivity index (χ4v) is 2.79. The first kappa shape index (κ1) is 20.7. The van der Waals surface area contributed by atoms with E-state index < -0.39 is 0 Å². The van der Waals surface area contributed by atoms with Crippen molar-refractivity contribution < 1.29 is 9.59 Å². The molecule has 7 heteroatoms. The summed E-state index contributed by atoms with van der Waals surface area (Å²) in [5.74, 6) is -0.439. The van der Waals surface area contributed by atoms with Crippen molar-refractivity contribution in [1.82, 2.24) is 5.32 Å². The van der Waals surface area contributed by atoms with Crippen LogP contribution in [0.15, 0.2) is 18.2 Å². The van der Waals surface area contributed by atoms with Gasteiger partial charge in [-0.05, 0) is 43.9 Å². The van der Waals surface area contributed by atoms with Crippen molar-refractivity contribution >= 4 is 41.5 Å². The Bertz CT molecular complexity index is 585. The van der Waals surface area contributed by atoms with Gasteiger partial charge < -0.3 is 16.4 Å². The predicted octanol–water partition coefficient (Wildman–Crippen LogP) is 3.36. The second-order valence-corrected chi connectivity index (χ2v) is 6.83. The molecule has 0 spiro atoms. The molecular weight excluding hydrogens is 349 g/mol. The number of halogens is 2. The molecule has 0 unspecified atom stereocenters. The molecule has 1 saturated carbocycles. The molecule has 1 aromatic carbocycles. The molecule has 0 aromatic heterocycles. The number of nitrogens with two attached hydrogens (primary N) is 1. The van der Waals surface area contributed by atoms with Crippen molar-refractivity contribution in [3.8, 4) is 0 Å². The molecule has 1 aliphatic rings. The molecule has 0 bridgehead atoms. The number of rotatable bonds is 4. The third-order valence-corrected chi connectivity index (χ3v) is 4.44. The number of nitrogens with one attached hydrogen (secondary N) is 2. The van der Waals surface area contributed by atoms with Crippen LogP contribution in [0.5, 0.6) is 0 Å². The third kappa shape index (κ3) is 5.65. The SMILES string of the molecule is CC(C)C(=O)Nc1ccc(Cl)c(C(=O)NC2CCC(N)CC2)c1.Cl. The van der Waals surface area contributed by atoms with Crippen LogP contribution in [0.2, 0.25) is 5.02 Å². The quantitative estimate of drug-likeness (QED) is 0.756. The van der Waals surface area contributed by atoms with Gasteiger partial charge in [-0.2, -0.15) is 0 Å². The van der Waals surface area contributed by atoms with E-state index in [2.05, 4.69) is 10.6 Å². The Balaban J connectivity index is 0.00000288. The number of carbonyl (C=O) groups excluding carboxylic acids is 2. The van der Waals surface area contributed by atoms with Crippen LogP contribution in [0, 0.1) is 5.92 Å². The number of benzene rings is 1. The minimum Gasteiger partial charge on any atom is -0.349 e. The van der Waals surface area contributed by atoms with Gasteiger partial charge in [-0.15, -0.1) is 12.4 Å².